The van der Waals surface area contributed by atoms with Crippen molar-refractivity contribution in [1.29, 1.82) is 0 Å². The van der Waals surface area contributed by atoms with Gasteiger partial charge in [-0.1, -0.05) is 19.1 Å². The Morgan fingerprint density at radius 1 is 0.875 bits per heavy atom. The number of nitrogens with one attached hydrogen (secondary N) is 3. The molecule has 3 N–H and O–H groups in total. The Kier molecular flexibility index (Phi) is 6.79. The lowest BCUT2D eigenvalue weighted by Crippen LogP contribution is -2.46. The standard InChI is InChI=1S/C22H30FN9/c1-4-9-26-21-27-17-18(19(24-2)29-21)28-22(30-20(17)25-3)32-12-10-31(11-13-32)14-15-5-7-16(23)8-6-15/h5-8H,4,9-14H2,1-3H3,(H,25,28,30)(H2,24,26,27,29). The summed E-state index contributed by atoms with van der Waals surface area (Å²) in [6, 6.07) is 6.71. The fourth-order valence-electron chi connectivity index (χ4n) is 3.76. The molecule has 0 unspecified atom stereocenters. The average molecular weight is 440 g/mol. The average Bonchev–Trinajstić information content (AvgIpc) is 2.83. The molecule has 0 atom stereocenters. The van der Waals surface area contributed by atoms with Crippen molar-refractivity contribution >= 4 is 34.6 Å². The molecule has 1 aliphatic heterocycles. The minimum atomic E-state index is -0.203. The van der Waals surface area contributed by atoms with Crippen LogP contribution in [0.2, 0.25) is 0 Å². The summed E-state index contributed by atoms with van der Waals surface area (Å²) in [6.07, 6.45) is 0.984. The summed E-state index contributed by atoms with van der Waals surface area (Å²) in [5.41, 5.74) is 2.49. The number of aromatic nitrogens is 4. The Morgan fingerprint density at radius 3 is 2.19 bits per heavy atom. The Morgan fingerprint density at radius 2 is 1.53 bits per heavy atom. The minimum absolute atomic E-state index is 0.203. The molecule has 1 saturated heterocycles. The number of hydrogen-bond acceptors (Lipinski definition) is 9. The van der Waals surface area contributed by atoms with Gasteiger partial charge >= 0.3 is 0 Å². The van der Waals surface area contributed by atoms with E-state index >= 15 is 0 Å². The molecule has 10 heteroatoms. The second-order valence-electron chi connectivity index (χ2n) is 7.78. The highest BCUT2D eigenvalue weighted by Gasteiger charge is 2.22. The summed E-state index contributed by atoms with van der Waals surface area (Å²) in [5, 5.41) is 9.55. The maximum absolute atomic E-state index is 13.2. The second-order valence-corrected chi connectivity index (χ2v) is 7.78. The highest BCUT2D eigenvalue weighted by molar-refractivity contribution is 5.94. The second kappa shape index (κ2) is 9.90. The van der Waals surface area contributed by atoms with Crippen molar-refractivity contribution in [3.05, 3.63) is 35.6 Å². The van der Waals surface area contributed by atoms with Crippen molar-refractivity contribution in [2.24, 2.45) is 0 Å². The van der Waals surface area contributed by atoms with Gasteiger partial charge < -0.3 is 20.9 Å². The third-order valence-corrected chi connectivity index (χ3v) is 5.51. The van der Waals surface area contributed by atoms with Crippen molar-refractivity contribution in [3.8, 4) is 0 Å². The topological polar surface area (TPSA) is 94.1 Å². The quantitative estimate of drug-likeness (QED) is 0.490. The van der Waals surface area contributed by atoms with Gasteiger partial charge in [-0.2, -0.15) is 9.97 Å². The number of hydrogen-bond donors (Lipinski definition) is 3. The maximum Gasteiger partial charge on any atom is 0.228 e. The van der Waals surface area contributed by atoms with E-state index in [1.165, 1.54) is 12.1 Å². The zero-order chi connectivity index (χ0) is 22.5. The third kappa shape index (κ3) is 4.80. The zero-order valence-electron chi connectivity index (χ0n) is 18.8. The number of anilines is 4. The normalized spacial score (nSPS) is 14.6. The number of nitrogens with zero attached hydrogens (tertiary/aromatic N) is 6. The lowest BCUT2D eigenvalue weighted by atomic mass is 10.2. The van der Waals surface area contributed by atoms with E-state index in [2.05, 4.69) is 42.6 Å². The number of fused-ring (bicyclic) bond motifs is 1. The van der Waals surface area contributed by atoms with E-state index in [-0.39, 0.29) is 5.82 Å². The molecule has 4 rings (SSSR count). The molecule has 9 nitrogen and oxygen atoms in total. The monoisotopic (exact) mass is 439 g/mol. The molecule has 0 spiro atoms. The van der Waals surface area contributed by atoms with Crippen LogP contribution >= 0.6 is 0 Å². The molecule has 3 heterocycles. The lowest BCUT2D eigenvalue weighted by molar-refractivity contribution is 0.248. The molecule has 0 bridgehead atoms. The molecule has 3 aromatic rings. The van der Waals surface area contributed by atoms with Crippen molar-refractivity contribution in [2.45, 2.75) is 19.9 Å². The Bertz CT molecular complexity index is 1050. The van der Waals surface area contributed by atoms with E-state index in [0.29, 0.717) is 34.6 Å². The maximum atomic E-state index is 13.2. The molecular formula is C22H30FN9. The van der Waals surface area contributed by atoms with Crippen LogP contribution in [-0.4, -0.2) is 71.7 Å². The molecule has 32 heavy (non-hydrogen) atoms. The first-order chi connectivity index (χ1) is 15.6. The number of rotatable bonds is 8. The summed E-state index contributed by atoms with van der Waals surface area (Å²) in [4.78, 5) is 23.3. The highest BCUT2D eigenvalue weighted by Crippen LogP contribution is 2.28. The zero-order valence-corrected chi connectivity index (χ0v) is 18.8. The van der Waals surface area contributed by atoms with E-state index in [4.69, 9.17) is 9.97 Å². The largest absolute Gasteiger partial charge is 0.371 e. The molecule has 1 fully saturated rings. The molecule has 0 amide bonds. The van der Waals surface area contributed by atoms with Crippen LogP contribution in [0, 0.1) is 5.82 Å². The van der Waals surface area contributed by atoms with Crippen LogP contribution in [-0.2, 0) is 6.54 Å². The van der Waals surface area contributed by atoms with Crippen molar-refractivity contribution in [2.75, 3.05) is 67.7 Å². The predicted molar refractivity (Wildman–Crippen MR) is 127 cm³/mol. The summed E-state index contributed by atoms with van der Waals surface area (Å²) in [7, 11) is 3.67. The van der Waals surface area contributed by atoms with Gasteiger partial charge in [-0.05, 0) is 24.1 Å². The summed E-state index contributed by atoms with van der Waals surface area (Å²) in [5.74, 6) is 2.37. The fraction of sp³-hybridized carbons (Fsp3) is 0.455. The first kappa shape index (κ1) is 21.9. The van der Waals surface area contributed by atoms with Gasteiger partial charge in [-0.15, -0.1) is 0 Å². The molecule has 0 saturated carbocycles. The summed E-state index contributed by atoms with van der Waals surface area (Å²) >= 11 is 0. The van der Waals surface area contributed by atoms with Crippen LogP contribution in [0.3, 0.4) is 0 Å². The van der Waals surface area contributed by atoms with Crippen molar-refractivity contribution in [1.82, 2.24) is 24.8 Å². The van der Waals surface area contributed by atoms with Crippen molar-refractivity contribution in [3.63, 3.8) is 0 Å². The van der Waals surface area contributed by atoms with Crippen LogP contribution in [0.1, 0.15) is 18.9 Å². The summed E-state index contributed by atoms with van der Waals surface area (Å²) < 4.78 is 13.2. The molecule has 1 aromatic carbocycles. The van der Waals surface area contributed by atoms with Gasteiger partial charge in [0.05, 0.1) is 0 Å². The van der Waals surface area contributed by atoms with Crippen LogP contribution in [0.5, 0.6) is 0 Å². The van der Waals surface area contributed by atoms with E-state index < -0.39 is 0 Å². The molecular weight excluding hydrogens is 409 g/mol. The Balaban J connectivity index is 1.53. The third-order valence-electron chi connectivity index (χ3n) is 5.51. The highest BCUT2D eigenvalue weighted by atomic mass is 19.1. The molecule has 2 aromatic heterocycles. The lowest BCUT2D eigenvalue weighted by Gasteiger charge is -2.35. The minimum Gasteiger partial charge on any atom is -0.371 e. The van der Waals surface area contributed by atoms with Gasteiger partial charge in [0, 0.05) is 53.4 Å². The SMILES string of the molecule is CCCNc1nc(NC)c2nc(N3CCN(Cc4ccc(F)cc4)CC3)nc(NC)c2n1. The summed E-state index contributed by atoms with van der Waals surface area (Å²) in [6.45, 7) is 7.07. The Hall–Kier alpha value is -3.27. The number of piperazine rings is 1. The number of benzene rings is 1. The van der Waals surface area contributed by atoms with Gasteiger partial charge in [0.2, 0.25) is 11.9 Å². The van der Waals surface area contributed by atoms with E-state index in [9.17, 15) is 4.39 Å². The van der Waals surface area contributed by atoms with E-state index in [1.807, 2.05) is 26.2 Å². The van der Waals surface area contributed by atoms with Gasteiger partial charge in [0.1, 0.15) is 16.9 Å². The van der Waals surface area contributed by atoms with Crippen LogP contribution in [0.15, 0.2) is 24.3 Å². The van der Waals surface area contributed by atoms with Crippen molar-refractivity contribution < 1.29 is 4.39 Å². The molecule has 170 valence electrons. The first-order valence-electron chi connectivity index (χ1n) is 11.0. The van der Waals surface area contributed by atoms with Gasteiger partial charge in [-0.25, -0.2) is 14.4 Å². The molecule has 0 radical (unpaired) electrons. The Labute approximate surface area is 187 Å². The van der Waals surface area contributed by atoms with Gasteiger partial charge in [0.25, 0.3) is 0 Å². The predicted octanol–water partition coefficient (Wildman–Crippen LogP) is 2.79. The molecule has 0 aliphatic carbocycles. The van der Waals surface area contributed by atoms with Crippen LogP contribution in [0.25, 0.3) is 11.0 Å². The fourth-order valence-corrected chi connectivity index (χ4v) is 3.76. The van der Waals surface area contributed by atoms with E-state index in [0.717, 1.165) is 51.3 Å². The number of halogens is 1. The van der Waals surface area contributed by atoms with Crippen LogP contribution < -0.4 is 20.9 Å². The van der Waals surface area contributed by atoms with E-state index in [1.54, 1.807) is 0 Å². The van der Waals surface area contributed by atoms with Crippen LogP contribution in [0.4, 0.5) is 27.9 Å². The van der Waals surface area contributed by atoms with Gasteiger partial charge in [0.15, 0.2) is 11.6 Å². The smallest absolute Gasteiger partial charge is 0.228 e. The first-order valence-corrected chi connectivity index (χ1v) is 11.0. The van der Waals surface area contributed by atoms with Gasteiger partial charge in [-0.3, -0.25) is 4.90 Å². The molecule has 1 aliphatic rings.